The average Bonchev–Trinajstić information content (AvgIpc) is 2.57. The quantitative estimate of drug-likeness (QED) is 0.743. The van der Waals surface area contributed by atoms with Gasteiger partial charge in [-0.2, -0.15) is 0 Å². The van der Waals surface area contributed by atoms with Crippen molar-refractivity contribution in [3.05, 3.63) is 53.3 Å². The van der Waals surface area contributed by atoms with Gasteiger partial charge in [0.2, 0.25) is 0 Å². The number of aromatic hydroxyl groups is 1. The van der Waals surface area contributed by atoms with Crippen LogP contribution in [0.1, 0.15) is 24.1 Å². The first-order valence-electron chi connectivity index (χ1n) is 7.56. The summed E-state index contributed by atoms with van der Waals surface area (Å²) in [5.74, 6) is -1.70. The predicted molar refractivity (Wildman–Crippen MR) is 91.0 cm³/mol. The van der Waals surface area contributed by atoms with E-state index in [0.717, 1.165) is 0 Å². The number of phenols is 1. The second-order valence-electron chi connectivity index (χ2n) is 5.53. The van der Waals surface area contributed by atoms with Gasteiger partial charge in [-0.1, -0.05) is 0 Å². The van der Waals surface area contributed by atoms with Crippen LogP contribution in [0.3, 0.4) is 0 Å². The fourth-order valence-electron chi connectivity index (χ4n) is 2.29. The molecule has 0 saturated carbocycles. The lowest BCUT2D eigenvalue weighted by Gasteiger charge is -2.16. The zero-order valence-electron chi connectivity index (χ0n) is 14.1. The molecule has 2 aromatic rings. The number of benzene rings is 2. The highest BCUT2D eigenvalue weighted by atomic mass is 19.1. The highest BCUT2D eigenvalue weighted by molar-refractivity contribution is 6.39. The largest absolute Gasteiger partial charge is 0.508 e. The molecule has 0 bridgehead atoms. The number of anilines is 1. The van der Waals surface area contributed by atoms with Crippen molar-refractivity contribution >= 4 is 17.5 Å². The molecule has 3 N–H and O–H groups in total. The van der Waals surface area contributed by atoms with Crippen molar-refractivity contribution < 1.29 is 23.8 Å². The van der Waals surface area contributed by atoms with Crippen LogP contribution in [-0.2, 0) is 9.59 Å². The van der Waals surface area contributed by atoms with Crippen LogP contribution in [0.5, 0.6) is 11.5 Å². The number of hydrogen-bond acceptors (Lipinski definition) is 4. The Morgan fingerprint density at radius 1 is 1.16 bits per heavy atom. The minimum absolute atomic E-state index is 0.0246. The lowest BCUT2D eigenvalue weighted by molar-refractivity contribution is -0.136. The first-order chi connectivity index (χ1) is 11.8. The van der Waals surface area contributed by atoms with Gasteiger partial charge >= 0.3 is 11.8 Å². The summed E-state index contributed by atoms with van der Waals surface area (Å²) < 4.78 is 18.2. The smallest absolute Gasteiger partial charge is 0.313 e. The monoisotopic (exact) mass is 346 g/mol. The number of methoxy groups -OCH3 is 1. The summed E-state index contributed by atoms with van der Waals surface area (Å²) >= 11 is 0. The second kappa shape index (κ2) is 7.65. The summed E-state index contributed by atoms with van der Waals surface area (Å²) in [5.41, 5.74) is 1.26. The summed E-state index contributed by atoms with van der Waals surface area (Å²) in [6.07, 6.45) is 0. The number of phenolic OH excluding ortho intramolecular Hbond substituents is 1. The summed E-state index contributed by atoms with van der Waals surface area (Å²) in [6, 6.07) is 7.80. The van der Waals surface area contributed by atoms with Crippen molar-refractivity contribution in [3.63, 3.8) is 0 Å². The van der Waals surface area contributed by atoms with E-state index in [1.807, 2.05) is 0 Å². The molecule has 2 amide bonds. The molecule has 6 nitrogen and oxygen atoms in total. The number of aryl methyl sites for hydroxylation is 1. The Morgan fingerprint density at radius 2 is 1.88 bits per heavy atom. The Bertz CT molecular complexity index is 808. The van der Waals surface area contributed by atoms with Gasteiger partial charge < -0.3 is 20.5 Å². The number of rotatable bonds is 4. The summed E-state index contributed by atoms with van der Waals surface area (Å²) in [6.45, 7) is 3.25. The molecule has 2 aromatic carbocycles. The normalized spacial score (nSPS) is 11.5. The highest BCUT2D eigenvalue weighted by Gasteiger charge is 2.20. The van der Waals surface area contributed by atoms with E-state index in [4.69, 9.17) is 4.74 Å². The number of halogens is 1. The molecule has 0 aromatic heterocycles. The molecule has 132 valence electrons. The van der Waals surface area contributed by atoms with Crippen LogP contribution < -0.4 is 15.4 Å². The fourth-order valence-corrected chi connectivity index (χ4v) is 2.29. The molecular formula is C18H19FN2O4. The van der Waals surface area contributed by atoms with Gasteiger partial charge in [0.05, 0.1) is 13.2 Å². The molecule has 2 rings (SSSR count). The van der Waals surface area contributed by atoms with Crippen LogP contribution >= 0.6 is 0 Å². The van der Waals surface area contributed by atoms with Crippen LogP contribution in [0.4, 0.5) is 10.1 Å². The summed E-state index contributed by atoms with van der Waals surface area (Å²) in [4.78, 5) is 24.1. The van der Waals surface area contributed by atoms with Crippen LogP contribution in [-0.4, -0.2) is 24.0 Å². The van der Waals surface area contributed by atoms with Gasteiger partial charge in [-0.25, -0.2) is 4.39 Å². The predicted octanol–water partition coefficient (Wildman–Crippen LogP) is 2.66. The number of amides is 2. The van der Waals surface area contributed by atoms with Crippen molar-refractivity contribution in [1.29, 1.82) is 0 Å². The van der Waals surface area contributed by atoms with Gasteiger partial charge in [-0.05, 0) is 55.8 Å². The average molecular weight is 346 g/mol. The fraction of sp³-hybridized carbons (Fsp3) is 0.222. The van der Waals surface area contributed by atoms with E-state index in [9.17, 15) is 19.1 Å². The SMILES string of the molecule is COc1ccc(O)c(C(C)NC(=O)C(=O)Nc2ccc(F)cc2C)c1. The number of carbonyl (C=O) groups excluding carboxylic acids is 2. The Morgan fingerprint density at radius 3 is 2.52 bits per heavy atom. The lowest BCUT2D eigenvalue weighted by Crippen LogP contribution is -2.37. The minimum Gasteiger partial charge on any atom is -0.508 e. The second-order valence-corrected chi connectivity index (χ2v) is 5.53. The van der Waals surface area contributed by atoms with E-state index in [1.165, 1.54) is 31.4 Å². The van der Waals surface area contributed by atoms with Crippen molar-refractivity contribution in [2.45, 2.75) is 19.9 Å². The van der Waals surface area contributed by atoms with Crippen LogP contribution in [0.2, 0.25) is 0 Å². The Balaban J connectivity index is 2.06. The number of carbonyl (C=O) groups is 2. The van der Waals surface area contributed by atoms with Crippen molar-refractivity contribution in [2.75, 3.05) is 12.4 Å². The van der Waals surface area contributed by atoms with Crippen LogP contribution in [0.15, 0.2) is 36.4 Å². The van der Waals surface area contributed by atoms with E-state index in [1.54, 1.807) is 26.0 Å². The van der Waals surface area contributed by atoms with E-state index in [2.05, 4.69) is 10.6 Å². The summed E-state index contributed by atoms with van der Waals surface area (Å²) in [5, 5.41) is 14.8. The zero-order chi connectivity index (χ0) is 18.6. The van der Waals surface area contributed by atoms with Crippen molar-refractivity contribution in [3.8, 4) is 11.5 Å². The maximum Gasteiger partial charge on any atom is 0.313 e. The molecule has 0 heterocycles. The summed E-state index contributed by atoms with van der Waals surface area (Å²) in [7, 11) is 1.48. The number of hydrogen-bond donors (Lipinski definition) is 3. The highest BCUT2D eigenvalue weighted by Crippen LogP contribution is 2.28. The van der Waals surface area contributed by atoms with Gasteiger partial charge in [0.25, 0.3) is 0 Å². The molecule has 1 unspecified atom stereocenters. The lowest BCUT2D eigenvalue weighted by atomic mass is 10.1. The standard InChI is InChI=1S/C18H19FN2O4/c1-10-8-12(19)4-6-15(10)21-18(24)17(23)20-11(2)14-9-13(25-3)5-7-16(14)22/h4-9,11,22H,1-3H3,(H,20,23)(H,21,24). The van der Waals surface area contributed by atoms with Gasteiger partial charge in [0.1, 0.15) is 17.3 Å². The van der Waals surface area contributed by atoms with Gasteiger partial charge in [-0.15, -0.1) is 0 Å². The zero-order valence-corrected chi connectivity index (χ0v) is 14.1. The molecule has 0 fully saturated rings. The Labute approximate surface area is 144 Å². The molecule has 0 spiro atoms. The molecule has 25 heavy (non-hydrogen) atoms. The third-order valence-electron chi connectivity index (χ3n) is 3.69. The van der Waals surface area contributed by atoms with Gasteiger partial charge in [-0.3, -0.25) is 9.59 Å². The molecule has 0 radical (unpaired) electrons. The van der Waals surface area contributed by atoms with Crippen molar-refractivity contribution in [2.24, 2.45) is 0 Å². The minimum atomic E-state index is -0.885. The topological polar surface area (TPSA) is 87.7 Å². The van der Waals surface area contributed by atoms with E-state index < -0.39 is 23.7 Å². The Hall–Kier alpha value is -3.09. The Kier molecular flexibility index (Phi) is 5.59. The first-order valence-corrected chi connectivity index (χ1v) is 7.56. The maximum absolute atomic E-state index is 13.1. The number of ether oxygens (including phenoxy) is 1. The van der Waals surface area contributed by atoms with E-state index >= 15 is 0 Å². The molecule has 7 heteroatoms. The third kappa shape index (κ3) is 4.47. The maximum atomic E-state index is 13.1. The first kappa shape index (κ1) is 18.3. The molecule has 0 aliphatic rings. The molecule has 0 saturated heterocycles. The van der Waals surface area contributed by atoms with Crippen LogP contribution in [0.25, 0.3) is 0 Å². The van der Waals surface area contributed by atoms with Gasteiger partial charge in [0.15, 0.2) is 0 Å². The third-order valence-corrected chi connectivity index (χ3v) is 3.69. The molecular weight excluding hydrogens is 327 g/mol. The van der Waals surface area contributed by atoms with E-state index in [-0.39, 0.29) is 5.75 Å². The molecule has 0 aliphatic heterocycles. The molecule has 0 aliphatic carbocycles. The van der Waals surface area contributed by atoms with Gasteiger partial charge in [0, 0.05) is 11.3 Å². The molecule has 1 atom stereocenters. The number of nitrogens with one attached hydrogen (secondary N) is 2. The van der Waals surface area contributed by atoms with E-state index in [0.29, 0.717) is 22.6 Å². The van der Waals surface area contributed by atoms with Crippen LogP contribution in [0, 0.1) is 12.7 Å². The van der Waals surface area contributed by atoms with Crippen molar-refractivity contribution in [1.82, 2.24) is 5.32 Å².